The molecule has 5 heteroatoms. The molecule has 0 spiro atoms. The molecule has 0 N–H and O–H groups in total. The fourth-order valence-corrected chi connectivity index (χ4v) is 1.63. The van der Waals surface area contributed by atoms with E-state index in [0.717, 1.165) is 19.3 Å². The summed E-state index contributed by atoms with van der Waals surface area (Å²) >= 11 is 0. The van der Waals surface area contributed by atoms with Crippen molar-refractivity contribution in [3.63, 3.8) is 0 Å². The third-order valence-electron chi connectivity index (χ3n) is 2.52. The van der Waals surface area contributed by atoms with E-state index in [9.17, 15) is 14.4 Å². The van der Waals surface area contributed by atoms with E-state index >= 15 is 0 Å². The first-order valence-corrected chi connectivity index (χ1v) is 5.58. The number of carbonyl (C=O) groups is 3. The maximum Gasteiger partial charge on any atom is 0.305 e. The average molecular weight is 227 g/mol. The number of cyclic esters (lactones) is 1. The molecule has 0 bridgehead atoms. The zero-order valence-corrected chi connectivity index (χ0v) is 9.53. The molecule has 1 aliphatic heterocycles. The summed E-state index contributed by atoms with van der Waals surface area (Å²) in [6.07, 6.45) is 2.81. The summed E-state index contributed by atoms with van der Waals surface area (Å²) in [6.45, 7) is 1.90. The van der Waals surface area contributed by atoms with Crippen LogP contribution in [-0.2, 0) is 19.1 Å². The summed E-state index contributed by atoms with van der Waals surface area (Å²) in [7, 11) is 0. The minimum Gasteiger partial charge on any atom is -0.465 e. The van der Waals surface area contributed by atoms with E-state index in [-0.39, 0.29) is 30.8 Å². The third-order valence-corrected chi connectivity index (χ3v) is 2.52. The summed E-state index contributed by atoms with van der Waals surface area (Å²) in [5.41, 5.74) is 0. The molecule has 16 heavy (non-hydrogen) atoms. The van der Waals surface area contributed by atoms with Gasteiger partial charge >= 0.3 is 5.97 Å². The summed E-state index contributed by atoms with van der Waals surface area (Å²) in [5, 5.41) is 0. The molecule has 90 valence electrons. The van der Waals surface area contributed by atoms with Gasteiger partial charge in [0.2, 0.25) is 11.8 Å². The number of ether oxygens (including phenoxy) is 1. The van der Waals surface area contributed by atoms with E-state index in [0.29, 0.717) is 13.0 Å². The van der Waals surface area contributed by atoms with Crippen molar-refractivity contribution in [2.45, 2.75) is 39.0 Å². The van der Waals surface area contributed by atoms with Gasteiger partial charge in [-0.2, -0.15) is 0 Å². The first-order valence-electron chi connectivity index (χ1n) is 5.58. The number of amides is 2. The second-order valence-corrected chi connectivity index (χ2v) is 3.85. The molecule has 0 saturated carbocycles. The van der Waals surface area contributed by atoms with Crippen LogP contribution in [0.2, 0.25) is 0 Å². The van der Waals surface area contributed by atoms with Crippen LogP contribution < -0.4 is 0 Å². The van der Waals surface area contributed by atoms with Gasteiger partial charge in [0.25, 0.3) is 0 Å². The van der Waals surface area contributed by atoms with Gasteiger partial charge in [0.05, 0.1) is 6.42 Å². The van der Waals surface area contributed by atoms with E-state index in [4.69, 9.17) is 4.74 Å². The van der Waals surface area contributed by atoms with Crippen molar-refractivity contribution >= 4 is 17.8 Å². The highest BCUT2D eigenvalue weighted by Gasteiger charge is 2.18. The summed E-state index contributed by atoms with van der Waals surface area (Å²) < 4.78 is 4.87. The molecule has 0 aromatic rings. The fourth-order valence-electron chi connectivity index (χ4n) is 1.63. The summed E-state index contributed by atoms with van der Waals surface area (Å²) in [4.78, 5) is 35.2. The molecule has 0 aromatic carbocycles. The Bertz CT molecular complexity index is 288. The molecule has 1 aliphatic rings. The number of rotatable bonds is 0. The van der Waals surface area contributed by atoms with Gasteiger partial charge in [-0.05, 0) is 12.8 Å². The zero-order chi connectivity index (χ0) is 12.0. The van der Waals surface area contributed by atoms with Gasteiger partial charge in [-0.3, -0.25) is 19.3 Å². The molecule has 1 saturated heterocycles. The molecule has 2 amide bonds. The van der Waals surface area contributed by atoms with Gasteiger partial charge in [-0.25, -0.2) is 0 Å². The van der Waals surface area contributed by atoms with Crippen LogP contribution in [-0.4, -0.2) is 35.8 Å². The van der Waals surface area contributed by atoms with Gasteiger partial charge in [-0.15, -0.1) is 0 Å². The Labute approximate surface area is 94.7 Å². The topological polar surface area (TPSA) is 63.7 Å². The smallest absolute Gasteiger partial charge is 0.305 e. The van der Waals surface area contributed by atoms with Crippen LogP contribution in [0.1, 0.15) is 39.0 Å². The Kier molecular flexibility index (Phi) is 4.95. The first-order chi connectivity index (χ1) is 7.61. The van der Waals surface area contributed by atoms with Crippen molar-refractivity contribution in [2.24, 2.45) is 0 Å². The van der Waals surface area contributed by atoms with Gasteiger partial charge in [0.1, 0.15) is 6.61 Å². The molecular formula is C11H17NO4. The molecular weight excluding hydrogens is 210 g/mol. The van der Waals surface area contributed by atoms with E-state index in [2.05, 4.69) is 0 Å². The normalized spacial score (nSPS) is 19.9. The van der Waals surface area contributed by atoms with Crippen LogP contribution in [0.4, 0.5) is 0 Å². The Morgan fingerprint density at radius 1 is 1.19 bits per heavy atom. The van der Waals surface area contributed by atoms with Crippen molar-refractivity contribution < 1.29 is 19.1 Å². The molecule has 0 unspecified atom stereocenters. The highest BCUT2D eigenvalue weighted by atomic mass is 16.5. The first kappa shape index (κ1) is 12.7. The van der Waals surface area contributed by atoms with Crippen LogP contribution in [0.5, 0.6) is 0 Å². The Hall–Kier alpha value is -1.39. The predicted molar refractivity (Wildman–Crippen MR) is 56.4 cm³/mol. The largest absolute Gasteiger partial charge is 0.465 e. The number of esters is 1. The number of hydrogen-bond donors (Lipinski definition) is 0. The van der Waals surface area contributed by atoms with Crippen molar-refractivity contribution in [2.75, 3.05) is 13.2 Å². The second-order valence-electron chi connectivity index (χ2n) is 3.85. The van der Waals surface area contributed by atoms with E-state index in [1.54, 1.807) is 0 Å². The lowest BCUT2D eigenvalue weighted by Gasteiger charge is -2.18. The highest BCUT2D eigenvalue weighted by Crippen LogP contribution is 2.07. The van der Waals surface area contributed by atoms with Crippen LogP contribution in [0, 0.1) is 0 Å². The van der Waals surface area contributed by atoms with Gasteiger partial charge in [0.15, 0.2) is 0 Å². The Morgan fingerprint density at radius 3 is 2.62 bits per heavy atom. The Balaban J connectivity index is 2.58. The average Bonchev–Trinajstić information content (AvgIpc) is 2.24. The minimum absolute atomic E-state index is 0.0709. The quantitative estimate of drug-likeness (QED) is 0.576. The molecule has 5 nitrogen and oxygen atoms in total. The Morgan fingerprint density at radius 2 is 1.94 bits per heavy atom. The lowest BCUT2D eigenvalue weighted by atomic mass is 10.2. The predicted octanol–water partition coefficient (Wildman–Crippen LogP) is 0.869. The molecule has 0 aliphatic carbocycles. The van der Waals surface area contributed by atoms with E-state index < -0.39 is 0 Å². The molecule has 0 atom stereocenters. The van der Waals surface area contributed by atoms with Crippen LogP contribution in [0.15, 0.2) is 0 Å². The number of carbonyl (C=O) groups excluding carboxylic acids is 3. The minimum atomic E-state index is -0.262. The molecule has 1 rings (SSSR count). The second kappa shape index (κ2) is 6.25. The molecule has 0 aromatic heterocycles. The van der Waals surface area contributed by atoms with E-state index in [1.807, 2.05) is 0 Å². The standard InChI is InChI=1S/C11H17NO4/c1-9(13)12-7-4-2-3-5-11(15)16-8-6-10(12)14/h2-8H2,1H3. The van der Waals surface area contributed by atoms with Gasteiger partial charge in [0, 0.05) is 19.9 Å². The zero-order valence-electron chi connectivity index (χ0n) is 9.53. The van der Waals surface area contributed by atoms with E-state index in [1.165, 1.54) is 11.8 Å². The summed E-state index contributed by atoms with van der Waals surface area (Å²) in [5.74, 6) is -0.762. The van der Waals surface area contributed by atoms with Crippen LogP contribution in [0.3, 0.4) is 0 Å². The third kappa shape index (κ3) is 4.00. The van der Waals surface area contributed by atoms with Crippen LogP contribution in [0.25, 0.3) is 0 Å². The van der Waals surface area contributed by atoms with Crippen LogP contribution >= 0.6 is 0 Å². The number of imide groups is 1. The van der Waals surface area contributed by atoms with Gasteiger partial charge < -0.3 is 4.74 Å². The lowest BCUT2D eigenvalue weighted by Crippen LogP contribution is -2.36. The molecule has 1 fully saturated rings. The molecule has 0 radical (unpaired) electrons. The van der Waals surface area contributed by atoms with Gasteiger partial charge in [-0.1, -0.05) is 6.42 Å². The number of nitrogens with zero attached hydrogens (tertiary/aromatic N) is 1. The fraction of sp³-hybridized carbons (Fsp3) is 0.727. The molecule has 1 heterocycles. The van der Waals surface area contributed by atoms with Crippen molar-refractivity contribution in [1.29, 1.82) is 0 Å². The summed E-state index contributed by atoms with van der Waals surface area (Å²) in [6, 6.07) is 0. The van der Waals surface area contributed by atoms with Crippen molar-refractivity contribution in [3.8, 4) is 0 Å². The monoisotopic (exact) mass is 227 g/mol. The number of hydrogen-bond acceptors (Lipinski definition) is 4. The van der Waals surface area contributed by atoms with Crippen molar-refractivity contribution in [1.82, 2.24) is 4.90 Å². The maximum absolute atomic E-state index is 11.6. The highest BCUT2D eigenvalue weighted by molar-refractivity contribution is 5.94. The maximum atomic E-state index is 11.6. The SMILES string of the molecule is CC(=O)N1CCCCCC(=O)OCCC1=O. The van der Waals surface area contributed by atoms with Crippen molar-refractivity contribution in [3.05, 3.63) is 0 Å². The lowest BCUT2D eigenvalue weighted by molar-refractivity contribution is -0.146.